The van der Waals surface area contributed by atoms with Crippen LogP contribution in [0.4, 0.5) is 8.78 Å². The van der Waals surface area contributed by atoms with Crippen molar-refractivity contribution in [3.8, 4) is 22.7 Å². The van der Waals surface area contributed by atoms with Gasteiger partial charge in [0.1, 0.15) is 29.2 Å². The van der Waals surface area contributed by atoms with Gasteiger partial charge in [-0.15, -0.1) is 0 Å². The van der Waals surface area contributed by atoms with Crippen molar-refractivity contribution < 1.29 is 23.0 Å². The molecule has 3 aromatic carbocycles. The van der Waals surface area contributed by atoms with Crippen LogP contribution in [0.5, 0.6) is 5.75 Å². The monoisotopic (exact) mass is 503 g/mol. The molecule has 1 aliphatic heterocycles. The number of carbonyl (C=O) groups excluding carboxylic acids is 1. The second kappa shape index (κ2) is 10.5. The van der Waals surface area contributed by atoms with Gasteiger partial charge in [-0.05, 0) is 86.5 Å². The van der Waals surface area contributed by atoms with Gasteiger partial charge in [-0.2, -0.15) is 5.10 Å². The Hall–Kier alpha value is -4.04. The minimum absolute atomic E-state index is 0.115. The number of halogens is 2. The van der Waals surface area contributed by atoms with E-state index in [-0.39, 0.29) is 17.5 Å². The average molecular weight is 504 g/mol. The van der Waals surface area contributed by atoms with Gasteiger partial charge < -0.3 is 14.4 Å². The molecule has 5 rings (SSSR count). The fourth-order valence-corrected chi connectivity index (χ4v) is 4.44. The lowest BCUT2D eigenvalue weighted by atomic mass is 10.1. The molecular weight excluding hydrogens is 476 g/mol. The standard InChI is InChI=1S/C29H27F2N3O3/c1-3-36-25-14-4-20(5-15-25)16-17-33-28(35)19(2)37-29(33)26-18-34(24-12-10-23(31)11-13-24)32-27(26)21-6-8-22(30)9-7-21/h4-15,18-19,29H,3,16-17H2,1-2H3/t19-,29+/m1/s1. The van der Waals surface area contributed by atoms with E-state index >= 15 is 0 Å². The van der Waals surface area contributed by atoms with Gasteiger partial charge in [-0.3, -0.25) is 4.79 Å². The van der Waals surface area contributed by atoms with Gasteiger partial charge in [0.15, 0.2) is 6.23 Å². The van der Waals surface area contributed by atoms with Gasteiger partial charge in [0, 0.05) is 23.9 Å². The van der Waals surface area contributed by atoms with Crippen molar-refractivity contribution in [1.29, 1.82) is 0 Å². The zero-order chi connectivity index (χ0) is 25.9. The SMILES string of the molecule is CCOc1ccc(CCN2C(=O)[C@@H](C)O[C@H]2c2cn(-c3ccc(F)cc3)nc2-c2ccc(F)cc2)cc1. The van der Waals surface area contributed by atoms with Crippen molar-refractivity contribution in [1.82, 2.24) is 14.7 Å². The van der Waals surface area contributed by atoms with Crippen LogP contribution in [0.3, 0.4) is 0 Å². The van der Waals surface area contributed by atoms with E-state index in [2.05, 4.69) is 0 Å². The predicted octanol–water partition coefficient (Wildman–Crippen LogP) is 5.70. The van der Waals surface area contributed by atoms with E-state index < -0.39 is 12.3 Å². The van der Waals surface area contributed by atoms with E-state index in [1.165, 1.54) is 24.3 Å². The third kappa shape index (κ3) is 5.24. The Labute approximate surface area is 214 Å². The number of hydrogen-bond donors (Lipinski definition) is 0. The molecule has 0 saturated carbocycles. The normalized spacial score (nSPS) is 17.4. The summed E-state index contributed by atoms with van der Waals surface area (Å²) in [4.78, 5) is 14.8. The molecule has 190 valence electrons. The van der Waals surface area contributed by atoms with Crippen molar-refractivity contribution in [3.05, 3.63) is 102 Å². The summed E-state index contributed by atoms with van der Waals surface area (Å²) in [5, 5.41) is 4.72. The Morgan fingerprint density at radius 2 is 1.59 bits per heavy atom. The second-order valence-electron chi connectivity index (χ2n) is 8.85. The zero-order valence-electron chi connectivity index (χ0n) is 20.6. The topological polar surface area (TPSA) is 56.6 Å². The van der Waals surface area contributed by atoms with E-state index in [0.29, 0.717) is 42.1 Å². The van der Waals surface area contributed by atoms with Gasteiger partial charge in [0.2, 0.25) is 0 Å². The number of aromatic nitrogens is 2. The fourth-order valence-electron chi connectivity index (χ4n) is 4.44. The van der Waals surface area contributed by atoms with Crippen molar-refractivity contribution in [2.45, 2.75) is 32.6 Å². The van der Waals surface area contributed by atoms with Gasteiger partial charge in [0.05, 0.1) is 12.3 Å². The first-order valence-corrected chi connectivity index (χ1v) is 12.2. The van der Waals surface area contributed by atoms with E-state index in [0.717, 1.165) is 11.3 Å². The molecule has 1 saturated heterocycles. The molecule has 1 aromatic heterocycles. The Morgan fingerprint density at radius 3 is 2.24 bits per heavy atom. The van der Waals surface area contributed by atoms with Crippen LogP contribution in [0.15, 0.2) is 79.0 Å². The van der Waals surface area contributed by atoms with Crippen LogP contribution in [-0.4, -0.2) is 39.8 Å². The summed E-state index contributed by atoms with van der Waals surface area (Å²) in [6.07, 6.45) is 1.11. The Morgan fingerprint density at radius 1 is 0.946 bits per heavy atom. The number of nitrogens with zero attached hydrogens (tertiary/aromatic N) is 3. The molecule has 2 atom stereocenters. The molecule has 8 heteroatoms. The summed E-state index contributed by atoms with van der Waals surface area (Å²) in [7, 11) is 0. The summed E-state index contributed by atoms with van der Waals surface area (Å²) in [5.74, 6) is -0.0268. The molecule has 0 aliphatic carbocycles. The van der Waals surface area contributed by atoms with E-state index in [9.17, 15) is 13.6 Å². The Kier molecular flexibility index (Phi) is 7.01. The van der Waals surface area contributed by atoms with Crippen LogP contribution in [0.25, 0.3) is 16.9 Å². The smallest absolute Gasteiger partial charge is 0.253 e. The maximum absolute atomic E-state index is 13.7. The van der Waals surface area contributed by atoms with Gasteiger partial charge in [-0.25, -0.2) is 13.5 Å². The van der Waals surface area contributed by atoms with E-state index in [4.69, 9.17) is 14.6 Å². The van der Waals surface area contributed by atoms with Crippen LogP contribution >= 0.6 is 0 Å². The van der Waals surface area contributed by atoms with Crippen molar-refractivity contribution >= 4 is 5.91 Å². The molecule has 1 amide bonds. The first-order chi connectivity index (χ1) is 17.9. The molecule has 0 unspecified atom stereocenters. The first kappa shape index (κ1) is 24.6. The third-order valence-corrected chi connectivity index (χ3v) is 6.34. The first-order valence-electron chi connectivity index (χ1n) is 12.2. The molecule has 0 N–H and O–H groups in total. The van der Waals surface area contributed by atoms with Crippen LogP contribution < -0.4 is 4.74 Å². The molecule has 1 aliphatic rings. The highest BCUT2D eigenvalue weighted by Crippen LogP contribution is 2.37. The van der Waals surface area contributed by atoms with Crippen LogP contribution in [0.1, 0.15) is 31.2 Å². The largest absolute Gasteiger partial charge is 0.494 e. The minimum atomic E-state index is -0.681. The molecule has 0 spiro atoms. The summed E-state index contributed by atoms with van der Waals surface area (Å²) in [5.41, 5.74) is 3.62. The number of benzene rings is 3. The maximum atomic E-state index is 13.7. The summed E-state index contributed by atoms with van der Waals surface area (Å²) in [6, 6.07) is 19.8. The highest BCUT2D eigenvalue weighted by Gasteiger charge is 2.40. The molecule has 0 bridgehead atoms. The highest BCUT2D eigenvalue weighted by atomic mass is 19.1. The molecule has 1 fully saturated rings. The van der Waals surface area contributed by atoms with Crippen LogP contribution in [0.2, 0.25) is 0 Å². The lowest BCUT2D eigenvalue weighted by Gasteiger charge is -2.23. The number of amides is 1. The lowest BCUT2D eigenvalue weighted by molar-refractivity contribution is -0.130. The molecule has 4 aromatic rings. The Balaban J connectivity index is 1.48. The second-order valence-corrected chi connectivity index (χ2v) is 8.85. The lowest BCUT2D eigenvalue weighted by Crippen LogP contribution is -2.32. The zero-order valence-corrected chi connectivity index (χ0v) is 20.6. The molecule has 2 heterocycles. The van der Waals surface area contributed by atoms with Crippen molar-refractivity contribution in [3.63, 3.8) is 0 Å². The maximum Gasteiger partial charge on any atom is 0.253 e. The summed E-state index contributed by atoms with van der Waals surface area (Å²) >= 11 is 0. The number of rotatable bonds is 8. The van der Waals surface area contributed by atoms with Crippen LogP contribution in [0, 0.1) is 11.6 Å². The number of carbonyl (C=O) groups is 1. The van der Waals surface area contributed by atoms with Crippen molar-refractivity contribution in [2.75, 3.05) is 13.2 Å². The average Bonchev–Trinajstić information content (AvgIpc) is 3.46. The fraction of sp³-hybridized carbons (Fsp3) is 0.241. The summed E-state index contributed by atoms with van der Waals surface area (Å²) < 4.78 is 40.5. The predicted molar refractivity (Wildman–Crippen MR) is 135 cm³/mol. The third-order valence-electron chi connectivity index (χ3n) is 6.34. The van der Waals surface area contributed by atoms with E-state index in [1.807, 2.05) is 31.2 Å². The molecule has 37 heavy (non-hydrogen) atoms. The number of hydrogen-bond acceptors (Lipinski definition) is 4. The van der Waals surface area contributed by atoms with Gasteiger partial charge in [-0.1, -0.05) is 12.1 Å². The quantitative estimate of drug-likeness (QED) is 0.309. The molecule has 0 radical (unpaired) electrons. The minimum Gasteiger partial charge on any atom is -0.494 e. The van der Waals surface area contributed by atoms with Gasteiger partial charge in [0.25, 0.3) is 5.91 Å². The molecular formula is C29H27F2N3O3. The van der Waals surface area contributed by atoms with Crippen molar-refractivity contribution in [2.24, 2.45) is 0 Å². The Bertz CT molecular complexity index is 1370. The van der Waals surface area contributed by atoms with E-state index in [1.54, 1.807) is 47.0 Å². The number of ether oxygens (including phenoxy) is 2. The van der Waals surface area contributed by atoms with Gasteiger partial charge >= 0.3 is 0 Å². The molecule has 6 nitrogen and oxygen atoms in total. The summed E-state index contributed by atoms with van der Waals surface area (Å²) in [6.45, 7) is 4.70. The van der Waals surface area contributed by atoms with Crippen LogP contribution in [-0.2, 0) is 16.0 Å². The highest BCUT2D eigenvalue weighted by molar-refractivity contribution is 5.83.